The van der Waals surface area contributed by atoms with Crippen LogP contribution in [0.3, 0.4) is 0 Å². The van der Waals surface area contributed by atoms with Gasteiger partial charge in [0.05, 0.1) is 17.2 Å². The Bertz CT molecular complexity index is 1610. The molecule has 1 N–H and O–H groups in total. The third-order valence-electron chi connectivity index (χ3n) is 7.89. The van der Waals surface area contributed by atoms with Crippen LogP contribution in [0.5, 0.6) is 0 Å². The maximum absolute atomic E-state index is 13.9. The van der Waals surface area contributed by atoms with E-state index in [1.807, 2.05) is 36.7 Å². The molecule has 6 nitrogen and oxygen atoms in total. The number of para-hydroxylation sites is 1. The Hall–Kier alpha value is -4.35. The Balaban J connectivity index is 1.38. The van der Waals surface area contributed by atoms with E-state index in [0.29, 0.717) is 43.8 Å². The molecular weight excluding hydrogens is 560 g/mol. The Morgan fingerprint density at radius 2 is 1.62 bits per heavy atom. The molecule has 0 aliphatic carbocycles. The summed E-state index contributed by atoms with van der Waals surface area (Å²) in [6, 6.07) is 9.65. The highest BCUT2D eigenvalue weighted by atomic mass is 19.4. The van der Waals surface area contributed by atoms with Gasteiger partial charge in [-0.2, -0.15) is 26.3 Å². The molecule has 6 rings (SSSR count). The standard InChI is InChI=1S/C30H25F6N5O/c31-29(32,33)21-10-19(11-22(13-21)30(34,35)36)28(42)41-17-23-7-6-18(27-37-8-3-9-38-27)15-40(23)16-24(41)12-20-14-39-26-5-2-1-4-25(20)26/h1-5,8-11,13-15,23-24,39H,6-7,12,16-17H2/t23?,24-/m1/s1. The van der Waals surface area contributed by atoms with Gasteiger partial charge in [-0.3, -0.25) is 4.79 Å². The van der Waals surface area contributed by atoms with Crippen LogP contribution in [0.1, 0.15) is 45.7 Å². The van der Waals surface area contributed by atoms with Gasteiger partial charge in [-0.25, -0.2) is 9.97 Å². The fourth-order valence-corrected chi connectivity index (χ4v) is 5.83. The number of carbonyl (C=O) groups is 1. The van der Waals surface area contributed by atoms with Crippen molar-refractivity contribution in [3.05, 3.63) is 101 Å². The Morgan fingerprint density at radius 3 is 2.31 bits per heavy atom. The molecule has 2 atom stereocenters. The van der Waals surface area contributed by atoms with Crippen LogP contribution in [-0.2, 0) is 18.8 Å². The molecule has 2 aromatic carbocycles. The first kappa shape index (κ1) is 27.8. The summed E-state index contributed by atoms with van der Waals surface area (Å²) in [6.07, 6.45) is -1.46. The molecule has 42 heavy (non-hydrogen) atoms. The average molecular weight is 586 g/mol. The van der Waals surface area contributed by atoms with Crippen LogP contribution in [-0.4, -0.2) is 55.8 Å². The number of allylic oxidation sites excluding steroid dienone is 1. The van der Waals surface area contributed by atoms with Crippen molar-refractivity contribution in [1.29, 1.82) is 0 Å². The van der Waals surface area contributed by atoms with Crippen molar-refractivity contribution < 1.29 is 31.1 Å². The predicted octanol–water partition coefficient (Wildman–Crippen LogP) is 6.57. The van der Waals surface area contributed by atoms with Crippen LogP contribution in [0.25, 0.3) is 16.5 Å². The van der Waals surface area contributed by atoms with Gasteiger partial charge in [0.1, 0.15) is 0 Å². The lowest BCUT2D eigenvalue weighted by atomic mass is 9.92. The molecule has 2 aliphatic rings. The van der Waals surface area contributed by atoms with Crippen molar-refractivity contribution >= 4 is 22.4 Å². The number of H-pyrrole nitrogens is 1. The minimum absolute atomic E-state index is 0.0389. The quantitative estimate of drug-likeness (QED) is 0.275. The fraction of sp³-hybridized carbons (Fsp3) is 0.300. The molecule has 0 radical (unpaired) electrons. The lowest BCUT2D eigenvalue weighted by molar-refractivity contribution is -0.143. The van der Waals surface area contributed by atoms with E-state index in [1.54, 1.807) is 18.5 Å². The van der Waals surface area contributed by atoms with Crippen LogP contribution < -0.4 is 0 Å². The number of carbonyl (C=O) groups excluding carboxylic acids is 1. The third-order valence-corrected chi connectivity index (χ3v) is 7.89. The SMILES string of the molecule is O=C(c1cc(C(F)(F)F)cc(C(F)(F)F)c1)N1CC2CCC(c3ncccn3)=CN2C[C@H]1Cc1c[nH]c2ccccc12. The first-order valence-electron chi connectivity index (χ1n) is 13.4. The molecule has 4 aromatic rings. The molecule has 1 unspecified atom stereocenters. The van der Waals surface area contributed by atoms with Crippen LogP contribution in [0.15, 0.2) is 73.3 Å². The summed E-state index contributed by atoms with van der Waals surface area (Å²) in [5, 5.41) is 0.929. The predicted molar refractivity (Wildman–Crippen MR) is 143 cm³/mol. The number of hydrogen-bond acceptors (Lipinski definition) is 4. The van der Waals surface area contributed by atoms with E-state index in [9.17, 15) is 31.1 Å². The van der Waals surface area contributed by atoms with Crippen molar-refractivity contribution in [2.24, 2.45) is 0 Å². The molecule has 1 fully saturated rings. The number of hydrogen-bond donors (Lipinski definition) is 1. The van der Waals surface area contributed by atoms with E-state index >= 15 is 0 Å². The highest BCUT2D eigenvalue weighted by Crippen LogP contribution is 2.38. The van der Waals surface area contributed by atoms with Crippen LogP contribution in [0.2, 0.25) is 0 Å². The van der Waals surface area contributed by atoms with Gasteiger partial charge < -0.3 is 14.8 Å². The molecule has 4 heterocycles. The summed E-state index contributed by atoms with van der Waals surface area (Å²) in [4.78, 5) is 29.2. The van der Waals surface area contributed by atoms with Crippen LogP contribution >= 0.6 is 0 Å². The smallest absolute Gasteiger partial charge is 0.370 e. The van der Waals surface area contributed by atoms with Gasteiger partial charge in [0.25, 0.3) is 5.91 Å². The van der Waals surface area contributed by atoms with Gasteiger partial charge in [0.15, 0.2) is 5.82 Å². The number of aromatic amines is 1. The molecule has 1 amide bonds. The monoisotopic (exact) mass is 585 g/mol. The van der Waals surface area contributed by atoms with E-state index in [1.165, 1.54) is 4.90 Å². The molecule has 0 bridgehead atoms. The minimum Gasteiger partial charge on any atom is -0.370 e. The molecular formula is C30H25F6N5O. The minimum atomic E-state index is -5.05. The Kier molecular flexibility index (Phi) is 6.94. The van der Waals surface area contributed by atoms with E-state index in [0.717, 1.165) is 22.0 Å². The lowest BCUT2D eigenvalue weighted by Gasteiger charge is -2.48. The zero-order chi connectivity index (χ0) is 29.6. The second-order valence-corrected chi connectivity index (χ2v) is 10.6. The average Bonchev–Trinajstić information content (AvgIpc) is 3.38. The fourth-order valence-electron chi connectivity index (χ4n) is 5.83. The number of benzene rings is 2. The maximum atomic E-state index is 13.9. The van der Waals surface area contributed by atoms with Crippen molar-refractivity contribution in [3.8, 4) is 0 Å². The number of nitrogens with one attached hydrogen (secondary N) is 1. The summed E-state index contributed by atoms with van der Waals surface area (Å²) < 4.78 is 81.6. The topological polar surface area (TPSA) is 65.1 Å². The molecule has 1 saturated heterocycles. The summed E-state index contributed by atoms with van der Waals surface area (Å²) in [5.74, 6) is -0.274. The first-order chi connectivity index (χ1) is 20.0. The number of halogens is 6. The Labute approximate surface area is 236 Å². The number of aromatic nitrogens is 3. The second-order valence-electron chi connectivity index (χ2n) is 10.6. The maximum Gasteiger partial charge on any atom is 0.416 e. The number of fused-ring (bicyclic) bond motifs is 2. The van der Waals surface area contributed by atoms with Gasteiger partial charge in [-0.1, -0.05) is 18.2 Å². The van der Waals surface area contributed by atoms with Crippen molar-refractivity contribution in [1.82, 2.24) is 24.8 Å². The van der Waals surface area contributed by atoms with Crippen LogP contribution in [0.4, 0.5) is 26.3 Å². The lowest BCUT2D eigenvalue weighted by Crippen LogP contribution is -2.59. The zero-order valence-electron chi connectivity index (χ0n) is 22.1. The van der Waals surface area contributed by atoms with Crippen LogP contribution in [0, 0.1) is 0 Å². The highest BCUT2D eigenvalue weighted by molar-refractivity contribution is 5.95. The van der Waals surface area contributed by atoms with Gasteiger partial charge in [0.2, 0.25) is 0 Å². The van der Waals surface area contributed by atoms with Crippen molar-refractivity contribution in [2.45, 2.75) is 43.7 Å². The van der Waals surface area contributed by atoms with E-state index in [2.05, 4.69) is 19.9 Å². The highest BCUT2D eigenvalue weighted by Gasteiger charge is 2.41. The molecule has 0 spiro atoms. The number of piperazine rings is 1. The van der Waals surface area contributed by atoms with Gasteiger partial charge in [-0.05, 0) is 55.2 Å². The van der Waals surface area contributed by atoms with E-state index < -0.39 is 41.0 Å². The molecule has 0 saturated carbocycles. The van der Waals surface area contributed by atoms with E-state index in [4.69, 9.17) is 0 Å². The number of rotatable bonds is 4. The number of nitrogens with zero attached hydrogens (tertiary/aromatic N) is 4. The van der Waals surface area contributed by atoms with Gasteiger partial charge >= 0.3 is 12.4 Å². The van der Waals surface area contributed by atoms with Crippen molar-refractivity contribution in [3.63, 3.8) is 0 Å². The molecule has 218 valence electrons. The van der Waals surface area contributed by atoms with Crippen molar-refractivity contribution in [2.75, 3.05) is 13.1 Å². The summed E-state index contributed by atoms with van der Waals surface area (Å²) in [7, 11) is 0. The third kappa shape index (κ3) is 5.45. The molecule has 2 aromatic heterocycles. The summed E-state index contributed by atoms with van der Waals surface area (Å²) in [6.45, 7) is 0.472. The molecule has 12 heteroatoms. The Morgan fingerprint density at radius 1 is 0.929 bits per heavy atom. The summed E-state index contributed by atoms with van der Waals surface area (Å²) >= 11 is 0. The number of amides is 1. The largest absolute Gasteiger partial charge is 0.416 e. The normalized spacial score (nSPS) is 19.5. The summed E-state index contributed by atoms with van der Waals surface area (Å²) in [5.41, 5.74) is -0.974. The van der Waals surface area contributed by atoms with Gasteiger partial charge in [-0.15, -0.1) is 0 Å². The second kappa shape index (κ2) is 10.5. The first-order valence-corrected chi connectivity index (χ1v) is 13.4. The zero-order valence-corrected chi connectivity index (χ0v) is 22.1. The molecule has 2 aliphatic heterocycles. The number of alkyl halides is 6. The van der Waals surface area contributed by atoms with Gasteiger partial charge in [0, 0.05) is 66.0 Å². The van der Waals surface area contributed by atoms with E-state index in [-0.39, 0.29) is 18.7 Å².